The van der Waals surface area contributed by atoms with Crippen LogP contribution in [0.3, 0.4) is 0 Å². The minimum absolute atomic E-state index is 0.0646. The molecular weight excluding hydrogens is 476 g/mol. The van der Waals surface area contributed by atoms with Crippen LogP contribution < -0.4 is 0 Å². The second kappa shape index (κ2) is 30.2. The monoisotopic (exact) mass is 538 g/mol. The summed E-state index contributed by atoms with van der Waals surface area (Å²) >= 11 is 0. The molecule has 5 heteroatoms. The van der Waals surface area contributed by atoms with E-state index in [4.69, 9.17) is 9.47 Å². The van der Waals surface area contributed by atoms with Gasteiger partial charge in [-0.05, 0) is 38.5 Å². The molecule has 5 nitrogen and oxygen atoms in total. The van der Waals surface area contributed by atoms with E-state index in [0.29, 0.717) is 12.8 Å². The maximum absolute atomic E-state index is 12.1. The van der Waals surface area contributed by atoms with E-state index in [2.05, 4.69) is 26.0 Å². The van der Waals surface area contributed by atoms with Gasteiger partial charge in [-0.25, -0.2) is 0 Å². The van der Waals surface area contributed by atoms with Crippen molar-refractivity contribution in [1.29, 1.82) is 0 Å². The molecule has 0 bridgehead atoms. The first-order valence-electron chi connectivity index (χ1n) is 16.2. The van der Waals surface area contributed by atoms with E-state index in [1.54, 1.807) is 0 Å². The van der Waals surface area contributed by atoms with Crippen LogP contribution in [0.2, 0.25) is 0 Å². The molecule has 0 saturated carbocycles. The Morgan fingerprint density at radius 2 is 0.974 bits per heavy atom. The van der Waals surface area contributed by atoms with Crippen LogP contribution in [0, 0.1) is 0 Å². The second-order valence-corrected chi connectivity index (χ2v) is 10.9. The summed E-state index contributed by atoms with van der Waals surface area (Å²) in [7, 11) is 0. The maximum atomic E-state index is 12.1. The average molecular weight is 539 g/mol. The van der Waals surface area contributed by atoms with E-state index in [-0.39, 0.29) is 25.2 Å². The topological polar surface area (TPSA) is 72.8 Å². The minimum atomic E-state index is -0.766. The van der Waals surface area contributed by atoms with Gasteiger partial charge in [0.05, 0.1) is 6.61 Å². The summed E-state index contributed by atoms with van der Waals surface area (Å²) in [6, 6.07) is 0. The minimum Gasteiger partial charge on any atom is -0.462 e. The molecule has 0 aliphatic carbocycles. The Hall–Kier alpha value is -1.36. The van der Waals surface area contributed by atoms with E-state index < -0.39 is 6.10 Å². The van der Waals surface area contributed by atoms with Gasteiger partial charge in [0, 0.05) is 12.8 Å². The summed E-state index contributed by atoms with van der Waals surface area (Å²) in [5, 5.41) is 9.47. The number of hydrogen-bond donors (Lipinski definition) is 1. The van der Waals surface area contributed by atoms with Crippen molar-refractivity contribution in [1.82, 2.24) is 0 Å². The van der Waals surface area contributed by atoms with Gasteiger partial charge < -0.3 is 14.6 Å². The van der Waals surface area contributed by atoms with Crippen molar-refractivity contribution >= 4 is 11.9 Å². The van der Waals surface area contributed by atoms with Gasteiger partial charge in [-0.1, -0.05) is 129 Å². The van der Waals surface area contributed by atoms with E-state index in [1.165, 1.54) is 96.3 Å². The number of aliphatic hydroxyl groups excluding tert-OH is 1. The first-order chi connectivity index (χ1) is 18.6. The van der Waals surface area contributed by atoms with Crippen LogP contribution in [0.4, 0.5) is 0 Å². The molecule has 1 atom stereocenters. The summed E-state index contributed by atoms with van der Waals surface area (Å²) in [6.07, 6.45) is 31.2. The lowest BCUT2D eigenvalue weighted by molar-refractivity contribution is -0.161. The van der Waals surface area contributed by atoms with Crippen molar-refractivity contribution in [3.8, 4) is 0 Å². The zero-order chi connectivity index (χ0) is 27.9. The molecular formula is C33H62O5. The summed E-state index contributed by atoms with van der Waals surface area (Å²) in [6.45, 7) is 4.09. The third-order valence-electron chi connectivity index (χ3n) is 7.06. The highest BCUT2D eigenvalue weighted by Gasteiger charge is 2.16. The summed E-state index contributed by atoms with van der Waals surface area (Å²) in [5.74, 6) is -0.601. The molecule has 0 aliphatic heterocycles. The zero-order valence-electron chi connectivity index (χ0n) is 25.2. The number of carbonyl (C=O) groups excluding carboxylic acids is 2. The molecule has 224 valence electrons. The smallest absolute Gasteiger partial charge is 0.306 e. The summed E-state index contributed by atoms with van der Waals surface area (Å²) < 4.78 is 10.5. The van der Waals surface area contributed by atoms with Crippen LogP contribution in [0.5, 0.6) is 0 Å². The number of carbonyl (C=O) groups is 2. The van der Waals surface area contributed by atoms with E-state index in [0.717, 1.165) is 44.9 Å². The number of hydrogen-bond acceptors (Lipinski definition) is 5. The Bertz CT molecular complexity index is 546. The molecule has 0 rings (SSSR count). The highest BCUT2D eigenvalue weighted by molar-refractivity contribution is 5.70. The number of ether oxygens (including phenoxy) is 2. The summed E-state index contributed by atoms with van der Waals surface area (Å²) in [5.41, 5.74) is 0. The number of rotatable bonds is 29. The molecule has 0 amide bonds. The lowest BCUT2D eigenvalue weighted by Gasteiger charge is -2.15. The van der Waals surface area contributed by atoms with Gasteiger partial charge >= 0.3 is 11.9 Å². The van der Waals surface area contributed by atoms with Crippen molar-refractivity contribution in [3.05, 3.63) is 12.2 Å². The van der Waals surface area contributed by atoms with Gasteiger partial charge in [-0.2, -0.15) is 0 Å². The van der Waals surface area contributed by atoms with Crippen molar-refractivity contribution in [3.63, 3.8) is 0 Å². The van der Waals surface area contributed by atoms with Gasteiger partial charge in [-0.15, -0.1) is 0 Å². The van der Waals surface area contributed by atoms with Crippen LogP contribution in [0.15, 0.2) is 12.2 Å². The molecule has 0 aromatic rings. The Balaban J connectivity index is 3.58. The fourth-order valence-corrected chi connectivity index (χ4v) is 4.55. The number of esters is 2. The Labute approximate surface area is 235 Å². The van der Waals surface area contributed by atoms with Gasteiger partial charge in [0.1, 0.15) is 6.61 Å². The quantitative estimate of drug-likeness (QED) is 0.0583. The van der Waals surface area contributed by atoms with E-state index in [1.807, 2.05) is 0 Å². The first-order valence-corrected chi connectivity index (χ1v) is 16.2. The third kappa shape index (κ3) is 27.7. The lowest BCUT2D eigenvalue weighted by Crippen LogP contribution is -2.28. The predicted molar refractivity (Wildman–Crippen MR) is 159 cm³/mol. The fourth-order valence-electron chi connectivity index (χ4n) is 4.55. The number of aliphatic hydroxyl groups is 1. The Kier molecular flexibility index (Phi) is 29.1. The molecule has 0 fully saturated rings. The average Bonchev–Trinajstić information content (AvgIpc) is 2.92. The van der Waals surface area contributed by atoms with Crippen LogP contribution in [0.1, 0.15) is 168 Å². The molecule has 0 heterocycles. The fraction of sp³-hybridized carbons (Fsp3) is 0.879. The molecule has 1 N–H and O–H groups in total. The first kappa shape index (κ1) is 36.6. The standard InChI is InChI=1S/C33H62O5/c1-3-5-7-9-11-13-14-15-16-17-18-20-22-24-26-28-33(36)38-31(29-34)30-37-32(35)27-25-23-21-19-12-10-8-6-4-2/h15-16,31,34H,3-14,17-30H2,1-2H3/b16-15-. The molecule has 0 radical (unpaired) electrons. The van der Waals surface area contributed by atoms with Gasteiger partial charge in [0.25, 0.3) is 0 Å². The third-order valence-corrected chi connectivity index (χ3v) is 7.06. The highest BCUT2D eigenvalue weighted by Crippen LogP contribution is 2.12. The van der Waals surface area contributed by atoms with Crippen LogP contribution in [0.25, 0.3) is 0 Å². The molecule has 0 aromatic carbocycles. The van der Waals surface area contributed by atoms with Crippen LogP contribution in [-0.4, -0.2) is 36.4 Å². The van der Waals surface area contributed by atoms with Crippen molar-refractivity contribution in [2.75, 3.05) is 13.2 Å². The molecule has 0 saturated heterocycles. The normalized spacial score (nSPS) is 12.2. The number of allylic oxidation sites excluding steroid dienone is 2. The summed E-state index contributed by atoms with van der Waals surface area (Å²) in [4.78, 5) is 24.0. The van der Waals surface area contributed by atoms with Gasteiger partial charge in [-0.3, -0.25) is 9.59 Å². The molecule has 38 heavy (non-hydrogen) atoms. The van der Waals surface area contributed by atoms with Gasteiger partial charge in [0.2, 0.25) is 0 Å². The molecule has 1 unspecified atom stereocenters. The molecule has 0 aliphatic rings. The van der Waals surface area contributed by atoms with Gasteiger partial charge in [0.15, 0.2) is 6.10 Å². The Morgan fingerprint density at radius 1 is 0.579 bits per heavy atom. The Morgan fingerprint density at radius 3 is 1.42 bits per heavy atom. The largest absolute Gasteiger partial charge is 0.462 e. The van der Waals surface area contributed by atoms with Crippen molar-refractivity contribution < 1.29 is 24.2 Å². The molecule has 0 aromatic heterocycles. The van der Waals surface area contributed by atoms with Crippen LogP contribution in [-0.2, 0) is 19.1 Å². The highest BCUT2D eigenvalue weighted by atomic mass is 16.6. The van der Waals surface area contributed by atoms with Crippen LogP contribution >= 0.6 is 0 Å². The lowest BCUT2D eigenvalue weighted by atomic mass is 10.1. The zero-order valence-corrected chi connectivity index (χ0v) is 25.2. The second-order valence-electron chi connectivity index (χ2n) is 10.9. The van der Waals surface area contributed by atoms with E-state index >= 15 is 0 Å². The van der Waals surface area contributed by atoms with Crippen molar-refractivity contribution in [2.24, 2.45) is 0 Å². The number of unbranched alkanes of at least 4 members (excludes halogenated alkanes) is 19. The molecule has 0 spiro atoms. The SMILES string of the molecule is CCCCCCCC/C=C\CCCCCCCC(=O)OC(CO)COC(=O)CCCCCCCCCCC. The van der Waals surface area contributed by atoms with E-state index in [9.17, 15) is 14.7 Å². The maximum Gasteiger partial charge on any atom is 0.306 e. The van der Waals surface area contributed by atoms with Crippen molar-refractivity contribution in [2.45, 2.75) is 174 Å². The predicted octanol–water partition coefficient (Wildman–Crippen LogP) is 9.39.